The summed E-state index contributed by atoms with van der Waals surface area (Å²) in [5, 5.41) is 39.0. The summed E-state index contributed by atoms with van der Waals surface area (Å²) in [7, 11) is 0. The molecule has 0 heterocycles. The van der Waals surface area contributed by atoms with Crippen molar-refractivity contribution >= 4 is 111 Å². The Morgan fingerprint density at radius 3 is 0.375 bits per heavy atom. The molecule has 0 aliphatic heterocycles. The van der Waals surface area contributed by atoms with E-state index in [0.29, 0.717) is 0 Å². The third-order valence-electron chi connectivity index (χ3n) is 0. The van der Waals surface area contributed by atoms with Crippen molar-refractivity contribution in [2.45, 2.75) is 0 Å². The molecule has 0 radical (unpaired) electrons. The normalized spacial score (nSPS) is 0.750. The zero-order valence-corrected chi connectivity index (χ0v) is 7.61. The molecule has 0 aromatic heterocycles. The molecule has 0 aromatic rings. The van der Waals surface area contributed by atoms with Gasteiger partial charge >= 0.3 is 103 Å². The molecule has 0 aromatic carbocycles. The molecule has 0 unspecified atom stereocenters. The number of nitriles is 6. The van der Waals surface area contributed by atoms with Crippen LogP contribution in [0.2, 0.25) is 0 Å². The van der Waals surface area contributed by atoms with Crippen molar-refractivity contribution in [3.05, 3.63) is 0 Å². The Morgan fingerprint density at radius 1 is 0.375 bits per heavy atom. The van der Waals surface area contributed by atoms with Crippen LogP contribution in [0.25, 0.3) is 0 Å². The van der Waals surface area contributed by atoms with Crippen molar-refractivity contribution in [3.63, 3.8) is 0 Å². The van der Waals surface area contributed by atoms with Crippen LogP contribution in [0, 0.1) is 71.0 Å². The maximum atomic E-state index is 6.50. The molecule has 0 amide bonds. The molecule has 0 spiro atoms. The fraction of sp³-hybridized carbons (Fsp3) is 0. The third-order valence-corrected chi connectivity index (χ3v) is 0. The molecular weight excluding hydrogens is 301 g/mol. The molecule has 16 heavy (non-hydrogen) atoms. The molecule has 0 bridgehead atoms. The van der Waals surface area contributed by atoms with Crippen LogP contribution in [-0.4, -0.2) is 111 Å². The molecule has 6 nitrogen and oxygen atoms in total. The van der Waals surface area contributed by atoms with Gasteiger partial charge in [0.25, 0.3) is 0 Å². The van der Waals surface area contributed by atoms with Crippen LogP contribution in [0.3, 0.4) is 0 Å². The molecule has 0 saturated heterocycles. The summed E-state index contributed by atoms with van der Waals surface area (Å²) in [4.78, 5) is 0. The van der Waals surface area contributed by atoms with Gasteiger partial charge in [0.15, 0.2) is 0 Å². The number of nitrogens with zero attached hydrogens (tertiary/aromatic N) is 6. The van der Waals surface area contributed by atoms with Crippen LogP contribution >= 0.6 is 0 Å². The van der Waals surface area contributed by atoms with Gasteiger partial charge in [0.05, 0.1) is 8.41 Å². The van der Waals surface area contributed by atoms with E-state index in [1.165, 1.54) is 0 Å². The second-order valence-corrected chi connectivity index (χ2v) is 0. The van der Waals surface area contributed by atoms with Gasteiger partial charge in [-0.3, -0.25) is 0 Å². The second-order valence-electron chi connectivity index (χ2n) is 0. The Balaban J connectivity index is -0.00000000321. The van der Waals surface area contributed by atoms with E-state index in [1.807, 2.05) is 0 Å². The van der Waals surface area contributed by atoms with Crippen LogP contribution in [0.4, 0.5) is 0 Å². The van der Waals surface area contributed by atoms with E-state index in [9.17, 15) is 0 Å². The van der Waals surface area contributed by atoms with E-state index in [4.69, 9.17) is 31.6 Å². The van der Waals surface area contributed by atoms with Gasteiger partial charge in [0.2, 0.25) is 0 Å². The monoisotopic (exact) mass is 312 g/mol. The summed E-state index contributed by atoms with van der Waals surface area (Å²) in [6.07, 6.45) is 0. The molecule has 10 heteroatoms. The van der Waals surface area contributed by atoms with Gasteiger partial charge in [-0.15, -0.1) is 0 Å². The van der Waals surface area contributed by atoms with Gasteiger partial charge in [-0.25, -0.2) is 31.6 Å². The fourth-order valence-electron chi connectivity index (χ4n) is 0. The Hall–Kier alpha value is 0.797. The molecule has 0 fully saturated rings. The quantitative estimate of drug-likeness (QED) is 0.490. The van der Waals surface area contributed by atoms with Gasteiger partial charge in [0, 0.05) is 56.5 Å². The average Bonchev–Trinajstić information content (AvgIpc) is 2.33. The first-order chi connectivity index (χ1) is 6.00. The van der Waals surface area contributed by atoms with E-state index in [-0.39, 0.29) is 128 Å². The number of hydrogen-bond donors (Lipinski definition) is 0. The van der Waals surface area contributed by atoms with Crippen LogP contribution in [0.5, 0.6) is 0 Å². The second kappa shape index (κ2) is 5440. The zero-order chi connectivity index (χ0) is 12.0. The molecule has 0 rings (SSSR count). The van der Waals surface area contributed by atoms with E-state index < -0.39 is 0 Å². The van der Waals surface area contributed by atoms with E-state index >= 15 is 0 Å². The van der Waals surface area contributed by atoms with E-state index in [2.05, 4.69) is 39.4 Å². The first-order valence-corrected chi connectivity index (χ1v) is 1.55. The Morgan fingerprint density at radius 2 is 0.375 bits per heavy atom. The SMILES string of the molecule is B.C#N.C#N.C#N.C#N.C#N.C#N.[Fe].[KH].[KH]. The van der Waals surface area contributed by atoms with Gasteiger partial charge < -0.3 is 0 Å². The van der Waals surface area contributed by atoms with Crippen molar-refractivity contribution in [1.82, 2.24) is 0 Å². The third kappa shape index (κ3) is 4430. The molecular formula is C6H11BFeK2N6. The van der Waals surface area contributed by atoms with Gasteiger partial charge in [-0.2, -0.15) is 0 Å². The molecule has 0 saturated carbocycles. The van der Waals surface area contributed by atoms with Gasteiger partial charge in [-0.1, -0.05) is 0 Å². The van der Waals surface area contributed by atoms with Crippen molar-refractivity contribution in [2.24, 2.45) is 0 Å². The van der Waals surface area contributed by atoms with Crippen molar-refractivity contribution < 1.29 is 17.1 Å². The Kier molecular flexibility index (Phi) is 30900. The standard InChI is InChI=1S/6CHN.BH3.Fe.2K.2H/c6*1-2;;;;;;/h6*1H;1H3;;;;;. The molecule has 0 aliphatic rings. The molecule has 0 aliphatic carbocycles. The van der Waals surface area contributed by atoms with Crippen LogP contribution < -0.4 is 0 Å². The fourth-order valence-corrected chi connectivity index (χ4v) is 0. The van der Waals surface area contributed by atoms with E-state index in [0.717, 1.165) is 0 Å². The van der Waals surface area contributed by atoms with Crippen molar-refractivity contribution in [1.29, 1.82) is 31.6 Å². The summed E-state index contributed by atoms with van der Waals surface area (Å²) in [5.41, 5.74) is 0. The number of hydrogen-bond acceptors (Lipinski definition) is 6. The van der Waals surface area contributed by atoms with Gasteiger partial charge in [-0.05, 0) is 0 Å². The molecule has 0 atom stereocenters. The topological polar surface area (TPSA) is 143 Å². The predicted molar refractivity (Wildman–Crippen MR) is 64.3 cm³/mol. The minimum atomic E-state index is 0. The molecule has 0 N–H and O–H groups in total. The summed E-state index contributed by atoms with van der Waals surface area (Å²) in [6, 6.07) is 0. The van der Waals surface area contributed by atoms with E-state index in [1.54, 1.807) is 0 Å². The Bertz CT molecular complexity index is 106. The minimum absolute atomic E-state index is 0. The summed E-state index contributed by atoms with van der Waals surface area (Å²) >= 11 is 0. The average molecular weight is 312 g/mol. The molecule has 78 valence electrons. The van der Waals surface area contributed by atoms with Gasteiger partial charge in [0.1, 0.15) is 0 Å². The first kappa shape index (κ1) is 90.7. The van der Waals surface area contributed by atoms with Crippen LogP contribution in [-0.2, 0) is 17.1 Å². The summed E-state index contributed by atoms with van der Waals surface area (Å²) < 4.78 is 0. The Labute approximate surface area is 195 Å². The van der Waals surface area contributed by atoms with Crippen LogP contribution in [0.1, 0.15) is 0 Å². The van der Waals surface area contributed by atoms with Crippen molar-refractivity contribution in [3.8, 4) is 39.4 Å². The first-order valence-electron chi connectivity index (χ1n) is 1.55. The predicted octanol–water partition coefficient (Wildman–Crippen LogP) is -1.64. The number of rotatable bonds is 0. The zero-order valence-electron chi connectivity index (χ0n) is 6.50. The maximum absolute atomic E-state index is 6.50. The summed E-state index contributed by atoms with van der Waals surface area (Å²) in [6.45, 7) is 21.0. The summed E-state index contributed by atoms with van der Waals surface area (Å²) in [5.74, 6) is 0. The van der Waals surface area contributed by atoms with Crippen LogP contribution in [0.15, 0.2) is 0 Å². The van der Waals surface area contributed by atoms with Crippen molar-refractivity contribution in [2.75, 3.05) is 0 Å².